The van der Waals surface area contributed by atoms with Crippen LogP contribution in [-0.2, 0) is 0 Å². The molecule has 3 rings (SSSR count). The summed E-state index contributed by atoms with van der Waals surface area (Å²) in [6.07, 6.45) is 1.06. The third kappa shape index (κ3) is 4.86. The van der Waals surface area contributed by atoms with Crippen molar-refractivity contribution in [1.29, 1.82) is 0 Å². The van der Waals surface area contributed by atoms with E-state index < -0.39 is 22.3 Å². The molecule has 0 unspecified atom stereocenters. The lowest BCUT2D eigenvalue weighted by Gasteiger charge is -2.11. The van der Waals surface area contributed by atoms with E-state index in [1.54, 1.807) is 6.07 Å². The Kier molecular flexibility index (Phi) is 6.05. The van der Waals surface area contributed by atoms with Crippen LogP contribution in [0, 0.1) is 15.9 Å². The van der Waals surface area contributed by atoms with Crippen LogP contribution in [0.15, 0.2) is 48.8 Å². The number of hydrogen-bond acceptors (Lipinski definition) is 7. The molecule has 3 aromatic rings. The van der Waals surface area contributed by atoms with Crippen molar-refractivity contribution in [3.05, 3.63) is 80.3 Å². The number of hydrogen-bond donors (Lipinski definition) is 3. The number of aromatic nitrogens is 2. The van der Waals surface area contributed by atoms with Crippen molar-refractivity contribution in [1.82, 2.24) is 15.4 Å². The number of carbonyl (C=O) groups is 1. The van der Waals surface area contributed by atoms with Crippen LogP contribution in [0.4, 0.5) is 27.4 Å². The number of nitrogens with one attached hydrogen (secondary N) is 3. The lowest BCUT2D eigenvalue weighted by atomic mass is 10.2. The molecule has 1 amide bonds. The van der Waals surface area contributed by atoms with Gasteiger partial charge in [-0.3, -0.25) is 25.8 Å². The van der Waals surface area contributed by atoms with E-state index in [2.05, 4.69) is 26.1 Å². The highest BCUT2D eigenvalue weighted by molar-refractivity contribution is 6.36. The van der Waals surface area contributed by atoms with Crippen LogP contribution in [0.5, 0.6) is 0 Å². The zero-order valence-electron chi connectivity index (χ0n) is 14.3. The molecule has 0 aliphatic carbocycles. The van der Waals surface area contributed by atoms with Crippen LogP contribution in [0.3, 0.4) is 0 Å². The van der Waals surface area contributed by atoms with Crippen molar-refractivity contribution in [3.8, 4) is 0 Å². The molecule has 0 saturated carbocycles. The second-order valence-electron chi connectivity index (χ2n) is 5.51. The Balaban J connectivity index is 1.83. The third-order valence-electron chi connectivity index (χ3n) is 3.59. The number of nitro groups is 1. The monoisotopic (exact) mass is 436 g/mol. The fourth-order valence-electron chi connectivity index (χ4n) is 2.24. The van der Waals surface area contributed by atoms with Gasteiger partial charge in [-0.25, -0.2) is 14.4 Å². The molecule has 0 bridgehead atoms. The minimum absolute atomic E-state index is 0.141. The van der Waals surface area contributed by atoms with E-state index in [0.29, 0.717) is 10.7 Å². The first kappa shape index (κ1) is 20.2. The lowest BCUT2D eigenvalue weighted by molar-refractivity contribution is -0.383. The van der Waals surface area contributed by atoms with E-state index in [4.69, 9.17) is 23.2 Å². The number of halogens is 3. The molecule has 12 heteroatoms. The van der Waals surface area contributed by atoms with E-state index >= 15 is 0 Å². The molecule has 1 heterocycles. The summed E-state index contributed by atoms with van der Waals surface area (Å²) in [5.74, 6) is -1.58. The summed E-state index contributed by atoms with van der Waals surface area (Å²) < 4.78 is 13.0. The van der Waals surface area contributed by atoms with Gasteiger partial charge in [0, 0.05) is 10.6 Å². The number of hydrazine groups is 1. The molecule has 29 heavy (non-hydrogen) atoms. The van der Waals surface area contributed by atoms with Crippen molar-refractivity contribution in [2.24, 2.45) is 0 Å². The van der Waals surface area contributed by atoms with Crippen LogP contribution in [0.2, 0.25) is 10.0 Å². The van der Waals surface area contributed by atoms with Crippen LogP contribution < -0.4 is 16.2 Å². The normalized spacial score (nSPS) is 10.3. The summed E-state index contributed by atoms with van der Waals surface area (Å²) >= 11 is 11.9. The lowest BCUT2D eigenvalue weighted by Crippen LogP contribution is -2.30. The van der Waals surface area contributed by atoms with Crippen LogP contribution >= 0.6 is 23.2 Å². The summed E-state index contributed by atoms with van der Waals surface area (Å²) in [5.41, 5.74) is 4.58. The first-order valence-electron chi connectivity index (χ1n) is 7.88. The van der Waals surface area contributed by atoms with E-state index in [1.807, 2.05) is 0 Å². The average molecular weight is 437 g/mol. The SMILES string of the molecule is O=C(NNc1ncnc(Nc2ccc(Cl)cc2Cl)c1[N+](=O)[O-])c1ccc(F)cc1. The molecule has 0 aliphatic rings. The Morgan fingerprint density at radius 2 is 1.76 bits per heavy atom. The molecule has 1 aromatic heterocycles. The second kappa shape index (κ2) is 8.67. The smallest absolute Gasteiger partial charge is 0.333 e. The minimum atomic E-state index is -0.724. The molecule has 0 fully saturated rings. The maximum Gasteiger partial charge on any atom is 0.355 e. The summed E-state index contributed by atoms with van der Waals surface area (Å²) in [6, 6.07) is 9.28. The van der Waals surface area contributed by atoms with Crippen molar-refractivity contribution in [2.75, 3.05) is 10.7 Å². The van der Waals surface area contributed by atoms with Gasteiger partial charge in [0.2, 0.25) is 11.6 Å². The largest absolute Gasteiger partial charge is 0.355 e. The maximum atomic E-state index is 13.0. The van der Waals surface area contributed by atoms with Gasteiger partial charge in [0.15, 0.2) is 0 Å². The molecule has 9 nitrogen and oxygen atoms in total. The molecule has 0 aliphatic heterocycles. The van der Waals surface area contributed by atoms with Gasteiger partial charge in [-0.2, -0.15) is 0 Å². The second-order valence-corrected chi connectivity index (χ2v) is 6.36. The van der Waals surface area contributed by atoms with Crippen molar-refractivity contribution >= 4 is 52.1 Å². The van der Waals surface area contributed by atoms with Gasteiger partial charge in [-0.15, -0.1) is 0 Å². The maximum absolute atomic E-state index is 13.0. The highest BCUT2D eigenvalue weighted by Gasteiger charge is 2.24. The van der Waals surface area contributed by atoms with Crippen LogP contribution in [0.1, 0.15) is 10.4 Å². The molecule has 3 N–H and O–H groups in total. The number of rotatable bonds is 6. The standard InChI is InChI=1S/C17H11Cl2FN6O3/c18-10-3-6-13(12(19)7-10)23-15-14(26(28)29)16(22-8-21-15)24-25-17(27)9-1-4-11(20)5-2-9/h1-8H,(H,25,27)(H2,21,22,23,24). The van der Waals surface area contributed by atoms with Gasteiger partial charge in [0.25, 0.3) is 5.91 Å². The van der Waals surface area contributed by atoms with Gasteiger partial charge in [0.1, 0.15) is 12.1 Å². The van der Waals surface area contributed by atoms with Crippen LogP contribution in [-0.4, -0.2) is 20.8 Å². The summed E-state index contributed by atoms with van der Waals surface area (Å²) in [4.78, 5) is 30.6. The molecule has 2 aromatic carbocycles. The van der Waals surface area contributed by atoms with Crippen molar-refractivity contribution < 1.29 is 14.1 Å². The highest BCUT2D eigenvalue weighted by Crippen LogP contribution is 2.34. The zero-order chi connectivity index (χ0) is 21.0. The quantitative estimate of drug-likeness (QED) is 0.388. The van der Waals surface area contributed by atoms with E-state index in [0.717, 1.165) is 18.5 Å². The average Bonchev–Trinajstić information content (AvgIpc) is 2.68. The Labute approximate surface area is 173 Å². The Morgan fingerprint density at radius 1 is 1.07 bits per heavy atom. The minimum Gasteiger partial charge on any atom is -0.333 e. The number of carbonyl (C=O) groups excluding carboxylic acids is 1. The molecule has 148 valence electrons. The fourth-order valence-corrected chi connectivity index (χ4v) is 2.70. The zero-order valence-corrected chi connectivity index (χ0v) is 15.8. The molecular formula is C17H11Cl2FN6O3. The van der Waals surface area contributed by atoms with Gasteiger partial charge in [-0.1, -0.05) is 23.2 Å². The first-order chi connectivity index (χ1) is 13.8. The van der Waals surface area contributed by atoms with Gasteiger partial charge in [0.05, 0.1) is 15.6 Å². The van der Waals surface area contributed by atoms with Crippen LogP contribution in [0.25, 0.3) is 0 Å². The summed E-state index contributed by atoms with van der Waals surface area (Å²) in [5, 5.41) is 14.9. The highest BCUT2D eigenvalue weighted by atomic mass is 35.5. The number of amides is 1. The van der Waals surface area contributed by atoms with Crippen molar-refractivity contribution in [2.45, 2.75) is 0 Å². The predicted molar refractivity (Wildman–Crippen MR) is 106 cm³/mol. The number of benzene rings is 2. The Hall–Kier alpha value is -3.50. The predicted octanol–water partition coefficient (Wildman–Crippen LogP) is 4.33. The Bertz CT molecular complexity index is 1080. The van der Waals surface area contributed by atoms with Gasteiger partial charge < -0.3 is 5.32 Å². The van der Waals surface area contributed by atoms with E-state index in [-0.39, 0.29) is 22.2 Å². The summed E-state index contributed by atoms with van der Waals surface area (Å²) in [6.45, 7) is 0. The molecule has 0 saturated heterocycles. The Morgan fingerprint density at radius 3 is 2.41 bits per heavy atom. The van der Waals surface area contributed by atoms with Crippen molar-refractivity contribution in [3.63, 3.8) is 0 Å². The fraction of sp³-hybridized carbons (Fsp3) is 0. The number of anilines is 3. The topological polar surface area (TPSA) is 122 Å². The van der Waals surface area contributed by atoms with E-state index in [9.17, 15) is 19.3 Å². The van der Waals surface area contributed by atoms with Gasteiger partial charge in [-0.05, 0) is 42.5 Å². The van der Waals surface area contributed by atoms with E-state index in [1.165, 1.54) is 24.3 Å². The summed E-state index contributed by atoms with van der Waals surface area (Å²) in [7, 11) is 0. The third-order valence-corrected chi connectivity index (χ3v) is 4.14. The molecular weight excluding hydrogens is 426 g/mol. The van der Waals surface area contributed by atoms with Gasteiger partial charge >= 0.3 is 5.69 Å². The first-order valence-corrected chi connectivity index (χ1v) is 8.64. The molecule has 0 spiro atoms. The molecule has 0 atom stereocenters. The number of nitrogens with zero attached hydrogens (tertiary/aromatic N) is 3. The molecule has 0 radical (unpaired) electrons.